The van der Waals surface area contributed by atoms with Crippen molar-refractivity contribution < 1.29 is 14.3 Å². The van der Waals surface area contributed by atoms with Gasteiger partial charge >= 0.3 is 6.09 Å². The first-order valence-corrected chi connectivity index (χ1v) is 8.27. The third kappa shape index (κ3) is 5.83. The minimum Gasteiger partial charge on any atom is -0.444 e. The van der Waals surface area contributed by atoms with E-state index in [2.05, 4.69) is 5.32 Å². The van der Waals surface area contributed by atoms with Gasteiger partial charge in [-0.2, -0.15) is 0 Å². The van der Waals surface area contributed by atoms with Crippen LogP contribution in [0.4, 0.5) is 4.79 Å². The zero-order valence-corrected chi connectivity index (χ0v) is 13.7. The fraction of sp³-hybridized carbons (Fsp3) is 0.938. The summed E-state index contributed by atoms with van der Waals surface area (Å²) in [5.74, 6) is 0. The van der Waals surface area contributed by atoms with Gasteiger partial charge in [-0.25, -0.2) is 4.79 Å². The van der Waals surface area contributed by atoms with Crippen LogP contribution in [0.5, 0.6) is 0 Å². The average Bonchev–Trinajstić information content (AvgIpc) is 2.45. The molecule has 21 heavy (non-hydrogen) atoms. The van der Waals surface area contributed by atoms with Crippen molar-refractivity contribution in [3.8, 4) is 0 Å². The van der Waals surface area contributed by atoms with Crippen LogP contribution in [0.3, 0.4) is 0 Å². The molecule has 0 aliphatic carbocycles. The summed E-state index contributed by atoms with van der Waals surface area (Å²) in [6.07, 6.45) is 5.83. The van der Waals surface area contributed by atoms with Crippen molar-refractivity contribution in [1.82, 2.24) is 10.2 Å². The lowest BCUT2D eigenvalue weighted by atomic mass is 10.0. The van der Waals surface area contributed by atoms with E-state index in [1.807, 2.05) is 25.7 Å². The van der Waals surface area contributed by atoms with Gasteiger partial charge in [0.1, 0.15) is 5.60 Å². The fourth-order valence-corrected chi connectivity index (χ4v) is 2.86. The Kier molecular flexibility index (Phi) is 5.88. The molecule has 0 aromatic heterocycles. The second-order valence-corrected chi connectivity index (χ2v) is 7.14. The molecule has 0 spiro atoms. The van der Waals surface area contributed by atoms with Gasteiger partial charge in [-0.05, 0) is 52.9 Å². The van der Waals surface area contributed by atoms with Crippen LogP contribution in [-0.4, -0.2) is 55.0 Å². The third-order valence-corrected chi connectivity index (χ3v) is 4.05. The second kappa shape index (κ2) is 7.45. The molecule has 0 bridgehead atoms. The first-order chi connectivity index (χ1) is 9.94. The maximum atomic E-state index is 12.0. The Morgan fingerprint density at radius 1 is 1.24 bits per heavy atom. The molecule has 0 saturated carbocycles. The van der Waals surface area contributed by atoms with Gasteiger partial charge in [0.2, 0.25) is 0 Å². The van der Waals surface area contributed by atoms with Crippen LogP contribution < -0.4 is 5.32 Å². The predicted octanol–water partition coefficient (Wildman–Crippen LogP) is 2.54. The molecule has 1 N–H and O–H groups in total. The van der Waals surface area contributed by atoms with E-state index in [0.717, 1.165) is 39.1 Å². The van der Waals surface area contributed by atoms with Crippen LogP contribution in [0.15, 0.2) is 0 Å². The van der Waals surface area contributed by atoms with Gasteiger partial charge in [-0.15, -0.1) is 0 Å². The number of amides is 1. The van der Waals surface area contributed by atoms with Crippen LogP contribution >= 0.6 is 0 Å². The molecule has 2 aliphatic rings. The van der Waals surface area contributed by atoms with Gasteiger partial charge in [-0.3, -0.25) is 0 Å². The summed E-state index contributed by atoms with van der Waals surface area (Å²) < 4.78 is 11.2. The highest BCUT2D eigenvalue weighted by Gasteiger charge is 2.27. The van der Waals surface area contributed by atoms with Crippen molar-refractivity contribution in [3.63, 3.8) is 0 Å². The summed E-state index contributed by atoms with van der Waals surface area (Å²) in [6, 6.07) is 0.495. The number of rotatable bonds is 3. The van der Waals surface area contributed by atoms with Crippen molar-refractivity contribution in [2.75, 3.05) is 26.2 Å². The van der Waals surface area contributed by atoms with Gasteiger partial charge in [0.05, 0.1) is 6.10 Å². The van der Waals surface area contributed by atoms with E-state index >= 15 is 0 Å². The number of nitrogens with one attached hydrogen (secondary N) is 1. The summed E-state index contributed by atoms with van der Waals surface area (Å²) in [6.45, 7) is 9.12. The molecule has 0 aromatic rings. The molecule has 0 aromatic carbocycles. The fourth-order valence-electron chi connectivity index (χ4n) is 2.86. The minimum absolute atomic E-state index is 0.184. The molecule has 2 fully saturated rings. The number of ether oxygens (including phenoxy) is 2. The summed E-state index contributed by atoms with van der Waals surface area (Å²) in [4.78, 5) is 13.8. The maximum absolute atomic E-state index is 12.0. The van der Waals surface area contributed by atoms with Crippen LogP contribution in [0.25, 0.3) is 0 Å². The van der Waals surface area contributed by atoms with E-state index in [-0.39, 0.29) is 6.09 Å². The van der Waals surface area contributed by atoms with E-state index in [1.54, 1.807) is 0 Å². The van der Waals surface area contributed by atoms with Gasteiger partial charge in [0.15, 0.2) is 0 Å². The molecule has 2 rings (SSSR count). The molecule has 1 unspecified atom stereocenters. The lowest BCUT2D eigenvalue weighted by molar-refractivity contribution is 0.00980. The molecular weight excluding hydrogens is 268 g/mol. The Labute approximate surface area is 128 Å². The van der Waals surface area contributed by atoms with Crippen LogP contribution in [0.1, 0.15) is 52.9 Å². The molecule has 0 radical (unpaired) electrons. The third-order valence-electron chi connectivity index (χ3n) is 4.05. The lowest BCUT2D eigenvalue weighted by Crippen LogP contribution is -2.48. The maximum Gasteiger partial charge on any atom is 0.410 e. The second-order valence-electron chi connectivity index (χ2n) is 7.14. The summed E-state index contributed by atoms with van der Waals surface area (Å²) in [5, 5.41) is 3.60. The van der Waals surface area contributed by atoms with E-state index in [4.69, 9.17) is 9.47 Å². The van der Waals surface area contributed by atoms with Crippen molar-refractivity contribution in [2.24, 2.45) is 0 Å². The summed E-state index contributed by atoms with van der Waals surface area (Å²) in [7, 11) is 0. The highest BCUT2D eigenvalue weighted by Crippen LogP contribution is 2.16. The normalized spacial score (nSPS) is 24.9. The molecule has 2 aliphatic heterocycles. The smallest absolute Gasteiger partial charge is 0.410 e. The van der Waals surface area contributed by atoms with E-state index in [9.17, 15) is 4.79 Å². The number of hydrogen-bond acceptors (Lipinski definition) is 4. The molecule has 5 nitrogen and oxygen atoms in total. The molecule has 1 amide bonds. The number of carbonyl (C=O) groups is 1. The van der Waals surface area contributed by atoms with Crippen LogP contribution in [-0.2, 0) is 9.47 Å². The Morgan fingerprint density at radius 2 is 1.95 bits per heavy atom. The number of piperidine rings is 1. The van der Waals surface area contributed by atoms with Gasteiger partial charge in [0.25, 0.3) is 0 Å². The first kappa shape index (κ1) is 16.6. The zero-order chi connectivity index (χ0) is 15.3. The van der Waals surface area contributed by atoms with Crippen LogP contribution in [0, 0.1) is 0 Å². The topological polar surface area (TPSA) is 50.8 Å². The van der Waals surface area contributed by atoms with Crippen molar-refractivity contribution in [1.29, 1.82) is 0 Å². The minimum atomic E-state index is -0.412. The predicted molar refractivity (Wildman–Crippen MR) is 82.4 cm³/mol. The molecule has 122 valence electrons. The molecule has 5 heteroatoms. The van der Waals surface area contributed by atoms with Gasteiger partial charge in [0, 0.05) is 32.3 Å². The van der Waals surface area contributed by atoms with Crippen molar-refractivity contribution in [2.45, 2.75) is 70.6 Å². The summed E-state index contributed by atoms with van der Waals surface area (Å²) >= 11 is 0. The van der Waals surface area contributed by atoms with Crippen LogP contribution in [0.2, 0.25) is 0 Å². The van der Waals surface area contributed by atoms with E-state index < -0.39 is 5.60 Å². The van der Waals surface area contributed by atoms with Crippen molar-refractivity contribution in [3.05, 3.63) is 0 Å². The largest absolute Gasteiger partial charge is 0.444 e. The standard InChI is InChI=1S/C16H30N2O3/c1-16(2,3)21-15(19)18-9-7-13(8-10-18)17-12-14-6-4-5-11-20-14/h13-14,17H,4-12H2,1-3H3. The Bertz CT molecular complexity index is 327. The Balaban J connectivity index is 1.64. The number of likely N-dealkylation sites (tertiary alicyclic amines) is 1. The van der Waals surface area contributed by atoms with Gasteiger partial charge in [-0.1, -0.05) is 0 Å². The number of carbonyl (C=O) groups excluding carboxylic acids is 1. The van der Waals surface area contributed by atoms with E-state index in [1.165, 1.54) is 19.3 Å². The average molecular weight is 298 g/mol. The molecular formula is C16H30N2O3. The zero-order valence-electron chi connectivity index (χ0n) is 13.7. The Morgan fingerprint density at radius 3 is 2.52 bits per heavy atom. The highest BCUT2D eigenvalue weighted by molar-refractivity contribution is 5.68. The lowest BCUT2D eigenvalue weighted by Gasteiger charge is -2.34. The molecule has 1 atom stereocenters. The first-order valence-electron chi connectivity index (χ1n) is 8.27. The number of hydrogen-bond donors (Lipinski definition) is 1. The Hall–Kier alpha value is -0.810. The van der Waals surface area contributed by atoms with Crippen molar-refractivity contribution >= 4 is 6.09 Å². The van der Waals surface area contributed by atoms with E-state index in [0.29, 0.717) is 12.1 Å². The van der Waals surface area contributed by atoms with Gasteiger partial charge < -0.3 is 19.7 Å². The molecule has 2 saturated heterocycles. The molecule has 2 heterocycles. The monoisotopic (exact) mass is 298 g/mol. The summed E-state index contributed by atoms with van der Waals surface area (Å²) in [5.41, 5.74) is -0.412. The highest BCUT2D eigenvalue weighted by atomic mass is 16.6. The SMILES string of the molecule is CC(C)(C)OC(=O)N1CCC(NCC2CCCCO2)CC1. The quantitative estimate of drug-likeness (QED) is 0.870. The number of nitrogens with zero attached hydrogens (tertiary/aromatic N) is 1.